The highest BCUT2D eigenvalue weighted by molar-refractivity contribution is 5.37. The topological polar surface area (TPSA) is 61.3 Å². The number of hydrogen-bond donors (Lipinski definition) is 2. The highest BCUT2D eigenvalue weighted by Crippen LogP contribution is 2.09. The van der Waals surface area contributed by atoms with Crippen molar-refractivity contribution in [3.63, 3.8) is 0 Å². The highest BCUT2D eigenvalue weighted by atomic mass is 16.3. The summed E-state index contributed by atoms with van der Waals surface area (Å²) in [6.07, 6.45) is 5.20. The minimum atomic E-state index is 0.0891. The lowest BCUT2D eigenvalue weighted by Crippen LogP contribution is -2.28. The van der Waals surface area contributed by atoms with Crippen LogP contribution in [0.5, 0.6) is 0 Å². The predicted octanol–water partition coefficient (Wildman–Crippen LogP) is 0.181. The number of rotatable bonds is 7. The molecule has 16 heavy (non-hydrogen) atoms. The van der Waals surface area contributed by atoms with Crippen LogP contribution in [-0.2, 0) is 6.54 Å². The Labute approximate surface area is 95.8 Å². The number of nitrogens with one attached hydrogen (secondary N) is 1. The Morgan fingerprint density at radius 3 is 3.00 bits per heavy atom. The van der Waals surface area contributed by atoms with Gasteiger partial charge in [0.05, 0.1) is 18.5 Å². The summed E-state index contributed by atoms with van der Waals surface area (Å²) in [4.78, 5) is 10.5. The second-order valence-electron chi connectivity index (χ2n) is 3.36. The summed E-state index contributed by atoms with van der Waals surface area (Å²) in [5, 5.41) is 12.0. The monoisotopic (exact) mass is 222 g/mol. The smallest absolute Gasteiger partial charge is 0.147 e. The summed E-state index contributed by atoms with van der Waals surface area (Å²) >= 11 is 0. The molecule has 1 aromatic rings. The van der Waals surface area contributed by atoms with Gasteiger partial charge in [0.25, 0.3) is 0 Å². The van der Waals surface area contributed by atoms with Crippen LogP contribution in [0.1, 0.15) is 5.69 Å². The molecular weight excluding hydrogens is 204 g/mol. The lowest BCUT2D eigenvalue weighted by atomic mass is 10.4. The first kappa shape index (κ1) is 12.6. The normalized spacial score (nSPS) is 10.1. The van der Waals surface area contributed by atoms with E-state index in [2.05, 4.69) is 21.9 Å². The van der Waals surface area contributed by atoms with Crippen LogP contribution in [-0.4, -0.2) is 41.8 Å². The number of aliphatic hydroxyl groups is 1. The van der Waals surface area contributed by atoms with Crippen molar-refractivity contribution in [2.45, 2.75) is 6.54 Å². The van der Waals surface area contributed by atoms with Gasteiger partial charge in [-0.3, -0.25) is 4.98 Å². The maximum absolute atomic E-state index is 8.96. The van der Waals surface area contributed by atoms with Crippen LogP contribution in [0.3, 0.4) is 0 Å². The quantitative estimate of drug-likeness (QED) is 0.644. The van der Waals surface area contributed by atoms with Gasteiger partial charge in [-0.25, -0.2) is 4.98 Å². The third-order valence-electron chi connectivity index (χ3n) is 2.07. The van der Waals surface area contributed by atoms with Crippen molar-refractivity contribution in [2.75, 3.05) is 31.6 Å². The first-order valence-electron chi connectivity index (χ1n) is 5.24. The zero-order valence-corrected chi connectivity index (χ0v) is 9.56. The number of aliphatic hydroxyl groups excluding tert-OH is 1. The Bertz CT molecular complexity index is 330. The molecule has 2 N–H and O–H groups in total. The maximum Gasteiger partial charge on any atom is 0.147 e. The molecule has 0 aliphatic rings. The molecule has 5 nitrogen and oxygen atoms in total. The van der Waals surface area contributed by atoms with Gasteiger partial charge in [0.15, 0.2) is 0 Å². The Hall–Kier alpha value is -1.46. The predicted molar refractivity (Wildman–Crippen MR) is 64.3 cm³/mol. The van der Waals surface area contributed by atoms with Gasteiger partial charge < -0.3 is 15.3 Å². The minimum absolute atomic E-state index is 0.0891. The van der Waals surface area contributed by atoms with Crippen LogP contribution >= 0.6 is 0 Å². The molecule has 5 heteroatoms. The van der Waals surface area contributed by atoms with E-state index in [4.69, 9.17) is 5.11 Å². The molecule has 0 bridgehead atoms. The van der Waals surface area contributed by atoms with E-state index >= 15 is 0 Å². The number of anilines is 1. The van der Waals surface area contributed by atoms with Crippen molar-refractivity contribution < 1.29 is 5.11 Å². The van der Waals surface area contributed by atoms with Gasteiger partial charge in [0.2, 0.25) is 0 Å². The van der Waals surface area contributed by atoms with E-state index in [0.29, 0.717) is 19.6 Å². The van der Waals surface area contributed by atoms with E-state index in [1.807, 2.05) is 11.9 Å². The Kier molecular flexibility index (Phi) is 5.45. The molecule has 1 heterocycles. The SMILES string of the molecule is C=CCN(CCO)c1cncc(CNC)n1. The molecule has 0 unspecified atom stereocenters. The van der Waals surface area contributed by atoms with Crippen molar-refractivity contribution in [3.05, 3.63) is 30.7 Å². The van der Waals surface area contributed by atoms with Crippen molar-refractivity contribution in [2.24, 2.45) is 0 Å². The fraction of sp³-hybridized carbons (Fsp3) is 0.455. The molecule has 1 rings (SSSR count). The Morgan fingerprint density at radius 1 is 1.56 bits per heavy atom. The fourth-order valence-corrected chi connectivity index (χ4v) is 1.39. The van der Waals surface area contributed by atoms with E-state index in [9.17, 15) is 0 Å². The Morgan fingerprint density at radius 2 is 2.38 bits per heavy atom. The number of aromatic nitrogens is 2. The van der Waals surface area contributed by atoms with E-state index in [0.717, 1.165) is 11.5 Å². The molecule has 0 spiro atoms. The van der Waals surface area contributed by atoms with Crippen molar-refractivity contribution in [1.29, 1.82) is 0 Å². The standard InChI is InChI=1S/C11H18N4O/c1-3-4-15(5-6-16)11-9-13-8-10(14-11)7-12-2/h3,8-9,12,16H,1,4-7H2,2H3. The van der Waals surface area contributed by atoms with Gasteiger partial charge >= 0.3 is 0 Å². The fourth-order valence-electron chi connectivity index (χ4n) is 1.39. The molecule has 0 saturated carbocycles. The minimum Gasteiger partial charge on any atom is -0.395 e. The number of nitrogens with zero attached hydrogens (tertiary/aromatic N) is 3. The molecule has 0 radical (unpaired) electrons. The molecule has 0 aromatic carbocycles. The third-order valence-corrected chi connectivity index (χ3v) is 2.07. The van der Waals surface area contributed by atoms with E-state index in [1.165, 1.54) is 0 Å². The van der Waals surface area contributed by atoms with Gasteiger partial charge in [0, 0.05) is 25.8 Å². The average Bonchev–Trinajstić information content (AvgIpc) is 2.30. The molecule has 0 atom stereocenters. The van der Waals surface area contributed by atoms with Crippen molar-refractivity contribution in [1.82, 2.24) is 15.3 Å². The summed E-state index contributed by atoms with van der Waals surface area (Å²) in [6.45, 7) is 5.64. The zero-order valence-electron chi connectivity index (χ0n) is 9.56. The summed E-state index contributed by atoms with van der Waals surface area (Å²) in [7, 11) is 1.86. The molecule has 0 fully saturated rings. The lowest BCUT2D eigenvalue weighted by molar-refractivity contribution is 0.302. The third kappa shape index (κ3) is 3.60. The summed E-state index contributed by atoms with van der Waals surface area (Å²) < 4.78 is 0. The Balaban J connectivity index is 2.81. The van der Waals surface area contributed by atoms with E-state index in [-0.39, 0.29) is 6.61 Å². The van der Waals surface area contributed by atoms with E-state index in [1.54, 1.807) is 18.5 Å². The lowest BCUT2D eigenvalue weighted by Gasteiger charge is -2.20. The van der Waals surface area contributed by atoms with Gasteiger partial charge in [-0.1, -0.05) is 6.08 Å². The summed E-state index contributed by atoms with van der Waals surface area (Å²) in [6, 6.07) is 0. The summed E-state index contributed by atoms with van der Waals surface area (Å²) in [5.74, 6) is 0.765. The second kappa shape index (κ2) is 6.92. The molecular formula is C11H18N4O. The molecule has 88 valence electrons. The second-order valence-corrected chi connectivity index (χ2v) is 3.36. The molecule has 1 aromatic heterocycles. The van der Waals surface area contributed by atoms with Crippen LogP contribution in [0.25, 0.3) is 0 Å². The van der Waals surface area contributed by atoms with Gasteiger partial charge in [-0.05, 0) is 7.05 Å². The zero-order chi connectivity index (χ0) is 11.8. The molecule has 0 saturated heterocycles. The van der Waals surface area contributed by atoms with E-state index < -0.39 is 0 Å². The first-order valence-corrected chi connectivity index (χ1v) is 5.24. The van der Waals surface area contributed by atoms with Crippen molar-refractivity contribution >= 4 is 5.82 Å². The van der Waals surface area contributed by atoms with Gasteiger partial charge in [-0.2, -0.15) is 0 Å². The van der Waals surface area contributed by atoms with Crippen LogP contribution < -0.4 is 10.2 Å². The molecule has 0 aliphatic carbocycles. The van der Waals surface area contributed by atoms with Crippen LogP contribution in [0.2, 0.25) is 0 Å². The maximum atomic E-state index is 8.96. The van der Waals surface area contributed by atoms with Gasteiger partial charge in [0.1, 0.15) is 5.82 Å². The first-order chi connectivity index (χ1) is 7.81. The van der Waals surface area contributed by atoms with Crippen LogP contribution in [0, 0.1) is 0 Å². The molecule has 0 amide bonds. The largest absolute Gasteiger partial charge is 0.395 e. The van der Waals surface area contributed by atoms with Crippen LogP contribution in [0.15, 0.2) is 25.0 Å². The highest BCUT2D eigenvalue weighted by Gasteiger charge is 2.06. The summed E-state index contributed by atoms with van der Waals surface area (Å²) in [5.41, 5.74) is 0.881. The molecule has 0 aliphatic heterocycles. The van der Waals surface area contributed by atoms with Crippen LogP contribution in [0.4, 0.5) is 5.82 Å². The van der Waals surface area contributed by atoms with Gasteiger partial charge in [-0.15, -0.1) is 6.58 Å². The average molecular weight is 222 g/mol. The number of hydrogen-bond acceptors (Lipinski definition) is 5. The van der Waals surface area contributed by atoms with Crippen molar-refractivity contribution in [3.8, 4) is 0 Å².